The van der Waals surface area contributed by atoms with Crippen molar-refractivity contribution < 1.29 is 19.0 Å². The Morgan fingerprint density at radius 2 is 1.65 bits per heavy atom. The zero-order valence-corrected chi connectivity index (χ0v) is 11.5. The molecule has 5 heteroatoms. The minimum atomic E-state index is -0.725. The molecule has 1 atom stereocenters. The summed E-state index contributed by atoms with van der Waals surface area (Å²) in [6.07, 6.45) is -0.149. The van der Waals surface area contributed by atoms with Gasteiger partial charge in [-0.3, -0.25) is 4.79 Å². The van der Waals surface area contributed by atoms with Gasteiger partial charge in [-0.1, -0.05) is 0 Å². The zero-order chi connectivity index (χ0) is 13.5. The van der Waals surface area contributed by atoms with Gasteiger partial charge in [-0.05, 0) is 34.6 Å². The molecule has 0 heterocycles. The highest BCUT2D eigenvalue weighted by Crippen LogP contribution is 2.11. The molecule has 102 valence electrons. The summed E-state index contributed by atoms with van der Waals surface area (Å²) in [6.45, 7) is 10.2. The van der Waals surface area contributed by atoms with Crippen molar-refractivity contribution in [1.29, 1.82) is 0 Å². The van der Waals surface area contributed by atoms with Crippen LogP contribution in [0.4, 0.5) is 0 Å². The van der Waals surface area contributed by atoms with E-state index in [1.807, 2.05) is 13.8 Å². The summed E-state index contributed by atoms with van der Waals surface area (Å²) in [5, 5.41) is 0. The smallest absolute Gasteiger partial charge is 0.323 e. The number of carbonyl (C=O) groups is 1. The fourth-order valence-corrected chi connectivity index (χ4v) is 1.24. The van der Waals surface area contributed by atoms with Gasteiger partial charge in [-0.25, -0.2) is 0 Å². The molecule has 0 rings (SSSR count). The predicted molar refractivity (Wildman–Crippen MR) is 65.5 cm³/mol. The summed E-state index contributed by atoms with van der Waals surface area (Å²) in [5.74, 6) is -0.429. The van der Waals surface area contributed by atoms with Crippen LogP contribution in [0.5, 0.6) is 0 Å². The van der Waals surface area contributed by atoms with Crippen molar-refractivity contribution in [1.82, 2.24) is 0 Å². The van der Waals surface area contributed by atoms with E-state index < -0.39 is 23.9 Å². The number of rotatable bonds is 7. The van der Waals surface area contributed by atoms with Crippen LogP contribution >= 0.6 is 0 Å². The normalized spacial score (nSPS) is 13.8. The lowest BCUT2D eigenvalue weighted by atomic mass is 10.1. The van der Waals surface area contributed by atoms with E-state index >= 15 is 0 Å². The van der Waals surface area contributed by atoms with Gasteiger partial charge >= 0.3 is 5.97 Å². The highest BCUT2D eigenvalue weighted by Gasteiger charge is 2.25. The van der Waals surface area contributed by atoms with Gasteiger partial charge in [0, 0.05) is 19.6 Å². The van der Waals surface area contributed by atoms with Crippen molar-refractivity contribution in [3.63, 3.8) is 0 Å². The SMILES string of the molecule is CCOC(CC(N)C(=O)OC(C)(C)C)OCC. The minimum Gasteiger partial charge on any atom is -0.459 e. The Bertz CT molecular complexity index is 219. The van der Waals surface area contributed by atoms with Gasteiger partial charge in [0.2, 0.25) is 0 Å². The molecule has 0 amide bonds. The number of nitrogens with two attached hydrogens (primary N) is 1. The predicted octanol–water partition coefficient (Wildman–Crippen LogP) is 1.44. The molecule has 17 heavy (non-hydrogen) atoms. The maximum atomic E-state index is 11.6. The molecular formula is C12H25NO4. The van der Waals surface area contributed by atoms with E-state index in [2.05, 4.69) is 0 Å². The van der Waals surface area contributed by atoms with E-state index in [0.717, 1.165) is 0 Å². The summed E-state index contributed by atoms with van der Waals surface area (Å²) >= 11 is 0. The molecule has 0 fully saturated rings. The van der Waals surface area contributed by atoms with E-state index in [4.69, 9.17) is 19.9 Å². The maximum absolute atomic E-state index is 11.6. The molecule has 0 aromatic heterocycles. The third-order valence-corrected chi connectivity index (χ3v) is 1.86. The Morgan fingerprint density at radius 3 is 2.00 bits per heavy atom. The van der Waals surface area contributed by atoms with E-state index in [1.54, 1.807) is 20.8 Å². The average Bonchev–Trinajstić information content (AvgIpc) is 2.15. The van der Waals surface area contributed by atoms with Gasteiger partial charge in [0.1, 0.15) is 11.6 Å². The molecule has 1 unspecified atom stereocenters. The van der Waals surface area contributed by atoms with Crippen LogP contribution in [0.15, 0.2) is 0 Å². The molecule has 5 nitrogen and oxygen atoms in total. The van der Waals surface area contributed by atoms with E-state index in [1.165, 1.54) is 0 Å². The highest BCUT2D eigenvalue weighted by atomic mass is 16.7. The zero-order valence-electron chi connectivity index (χ0n) is 11.5. The largest absolute Gasteiger partial charge is 0.459 e. The fourth-order valence-electron chi connectivity index (χ4n) is 1.24. The molecule has 0 aromatic carbocycles. The van der Waals surface area contributed by atoms with Gasteiger partial charge in [0.25, 0.3) is 0 Å². The monoisotopic (exact) mass is 247 g/mol. The summed E-state index contributed by atoms with van der Waals surface area (Å²) in [6, 6.07) is -0.725. The van der Waals surface area contributed by atoms with Crippen LogP contribution in [0.3, 0.4) is 0 Å². The first kappa shape index (κ1) is 16.4. The van der Waals surface area contributed by atoms with Gasteiger partial charge in [-0.15, -0.1) is 0 Å². The molecule has 0 aliphatic heterocycles. The lowest BCUT2D eigenvalue weighted by Crippen LogP contribution is -2.40. The molecule has 0 spiro atoms. The first-order valence-corrected chi connectivity index (χ1v) is 6.01. The second-order valence-corrected chi connectivity index (χ2v) is 4.72. The number of ether oxygens (including phenoxy) is 3. The van der Waals surface area contributed by atoms with Crippen molar-refractivity contribution in [3.8, 4) is 0 Å². The molecule has 0 bridgehead atoms. The Kier molecular flexibility index (Phi) is 7.34. The molecule has 2 N–H and O–H groups in total. The summed E-state index contributed by atoms with van der Waals surface area (Å²) < 4.78 is 15.8. The molecule has 0 radical (unpaired) electrons. The number of carbonyl (C=O) groups excluding carboxylic acids is 1. The van der Waals surface area contributed by atoms with Gasteiger partial charge < -0.3 is 19.9 Å². The van der Waals surface area contributed by atoms with Crippen LogP contribution < -0.4 is 5.73 Å². The molecule has 0 aliphatic carbocycles. The third kappa shape index (κ3) is 8.12. The molecule has 0 aromatic rings. The lowest BCUT2D eigenvalue weighted by molar-refractivity contribution is -0.166. The van der Waals surface area contributed by atoms with Crippen molar-refractivity contribution >= 4 is 5.97 Å². The second-order valence-electron chi connectivity index (χ2n) is 4.72. The van der Waals surface area contributed by atoms with Crippen molar-refractivity contribution in [2.24, 2.45) is 5.73 Å². The van der Waals surface area contributed by atoms with Crippen LogP contribution in [0.25, 0.3) is 0 Å². The first-order valence-electron chi connectivity index (χ1n) is 6.01. The number of hydrogen-bond donors (Lipinski definition) is 1. The summed E-state index contributed by atoms with van der Waals surface area (Å²) in [7, 11) is 0. The Balaban J connectivity index is 4.19. The van der Waals surface area contributed by atoms with Crippen LogP contribution in [0.2, 0.25) is 0 Å². The van der Waals surface area contributed by atoms with Crippen LogP contribution in [-0.4, -0.2) is 37.1 Å². The van der Waals surface area contributed by atoms with Gasteiger partial charge in [-0.2, -0.15) is 0 Å². The van der Waals surface area contributed by atoms with E-state index in [-0.39, 0.29) is 0 Å². The van der Waals surface area contributed by atoms with Crippen molar-refractivity contribution in [3.05, 3.63) is 0 Å². The van der Waals surface area contributed by atoms with Crippen LogP contribution in [0, 0.1) is 0 Å². The fraction of sp³-hybridized carbons (Fsp3) is 0.917. The number of hydrogen-bond acceptors (Lipinski definition) is 5. The Labute approximate surface area is 104 Å². The standard InChI is InChI=1S/C12H25NO4/c1-6-15-10(16-7-2)8-9(13)11(14)17-12(3,4)5/h9-10H,6-8,13H2,1-5H3. The molecular weight excluding hydrogens is 222 g/mol. The van der Waals surface area contributed by atoms with E-state index in [0.29, 0.717) is 19.6 Å². The number of esters is 1. The lowest BCUT2D eigenvalue weighted by Gasteiger charge is -2.24. The second kappa shape index (κ2) is 7.63. The highest BCUT2D eigenvalue weighted by molar-refractivity contribution is 5.75. The van der Waals surface area contributed by atoms with Crippen molar-refractivity contribution in [2.75, 3.05) is 13.2 Å². The molecule has 0 saturated carbocycles. The molecule has 0 saturated heterocycles. The van der Waals surface area contributed by atoms with Crippen LogP contribution in [-0.2, 0) is 19.0 Å². The average molecular weight is 247 g/mol. The third-order valence-electron chi connectivity index (χ3n) is 1.86. The topological polar surface area (TPSA) is 70.8 Å². The van der Waals surface area contributed by atoms with Crippen molar-refractivity contribution in [2.45, 2.75) is 59.0 Å². The Morgan fingerprint density at radius 1 is 1.18 bits per heavy atom. The molecule has 0 aliphatic rings. The summed E-state index contributed by atoms with van der Waals surface area (Å²) in [5.41, 5.74) is 5.22. The Hall–Kier alpha value is -0.650. The van der Waals surface area contributed by atoms with Gasteiger partial charge in [0.15, 0.2) is 6.29 Å². The van der Waals surface area contributed by atoms with Crippen LogP contribution in [0.1, 0.15) is 41.0 Å². The first-order chi connectivity index (χ1) is 7.80. The van der Waals surface area contributed by atoms with E-state index in [9.17, 15) is 4.79 Å². The minimum absolute atomic E-state index is 0.302. The summed E-state index contributed by atoms with van der Waals surface area (Å²) in [4.78, 5) is 11.6. The maximum Gasteiger partial charge on any atom is 0.323 e. The quantitative estimate of drug-likeness (QED) is 0.544. The van der Waals surface area contributed by atoms with Gasteiger partial charge in [0.05, 0.1) is 0 Å².